The lowest BCUT2D eigenvalue weighted by Crippen LogP contribution is -2.13. The molecule has 0 radical (unpaired) electrons. The number of hydrogen-bond acceptors (Lipinski definition) is 3. The molecule has 0 N–H and O–H groups in total. The van der Waals surface area contributed by atoms with Crippen LogP contribution in [-0.2, 0) is 11.3 Å². The van der Waals surface area contributed by atoms with Crippen LogP contribution in [-0.4, -0.2) is 21.0 Å². The highest BCUT2D eigenvalue weighted by Gasteiger charge is 2.29. The zero-order valence-corrected chi connectivity index (χ0v) is 8.46. The molecule has 0 saturated carbocycles. The Hall–Kier alpha value is -1.34. The van der Waals surface area contributed by atoms with E-state index >= 15 is 0 Å². The molecular formula is C8H5ClF3N3O. The van der Waals surface area contributed by atoms with Crippen molar-refractivity contribution in [3.63, 3.8) is 0 Å². The zero-order valence-electron chi connectivity index (χ0n) is 7.70. The average molecular weight is 252 g/mol. The third kappa shape index (κ3) is 2.42. The second kappa shape index (κ2) is 3.91. The summed E-state index contributed by atoms with van der Waals surface area (Å²) in [5, 5.41) is 4.02. The lowest BCUT2D eigenvalue weighted by Gasteiger charge is -2.04. The van der Waals surface area contributed by atoms with Gasteiger partial charge < -0.3 is 0 Å². The molecule has 8 heteroatoms. The fourth-order valence-electron chi connectivity index (χ4n) is 1.17. The van der Waals surface area contributed by atoms with Crippen LogP contribution < -0.4 is 0 Å². The van der Waals surface area contributed by atoms with Crippen molar-refractivity contribution in [1.29, 1.82) is 0 Å². The molecule has 86 valence electrons. The maximum Gasteiger partial charge on any atom is 0.522 e. The molecule has 2 aromatic heterocycles. The van der Waals surface area contributed by atoms with Crippen molar-refractivity contribution in [3.8, 4) is 0 Å². The third-order valence-electron chi connectivity index (χ3n) is 1.78. The predicted molar refractivity (Wildman–Crippen MR) is 48.8 cm³/mol. The quantitative estimate of drug-likeness (QED) is 0.823. The van der Waals surface area contributed by atoms with Crippen molar-refractivity contribution < 1.29 is 17.9 Å². The molecule has 0 spiro atoms. The Labute approximate surface area is 92.6 Å². The monoisotopic (exact) mass is 251 g/mol. The van der Waals surface area contributed by atoms with Crippen LogP contribution in [0.5, 0.6) is 0 Å². The molecule has 0 aliphatic carbocycles. The number of fused-ring (bicyclic) bond motifs is 1. The summed E-state index contributed by atoms with van der Waals surface area (Å²) in [6.07, 6.45) is -1.78. The Balaban J connectivity index is 2.24. The molecule has 4 nitrogen and oxygen atoms in total. The minimum absolute atomic E-state index is 0.132. The van der Waals surface area contributed by atoms with Gasteiger partial charge >= 0.3 is 6.36 Å². The van der Waals surface area contributed by atoms with Crippen molar-refractivity contribution >= 4 is 17.1 Å². The first-order valence-electron chi connectivity index (χ1n) is 4.15. The van der Waals surface area contributed by atoms with E-state index in [4.69, 9.17) is 11.6 Å². The van der Waals surface area contributed by atoms with E-state index in [1.165, 1.54) is 23.0 Å². The smallest absolute Gasteiger partial charge is 0.285 e. The summed E-state index contributed by atoms with van der Waals surface area (Å²) < 4.78 is 40.3. The summed E-state index contributed by atoms with van der Waals surface area (Å²) in [4.78, 5) is 3.77. The van der Waals surface area contributed by atoms with Crippen LogP contribution >= 0.6 is 11.6 Å². The van der Waals surface area contributed by atoms with Gasteiger partial charge in [-0.2, -0.15) is 5.10 Å². The van der Waals surface area contributed by atoms with Crippen molar-refractivity contribution in [2.24, 2.45) is 0 Å². The normalized spacial score (nSPS) is 12.2. The number of ether oxygens (including phenoxy) is 1. The van der Waals surface area contributed by atoms with Crippen LogP contribution in [0.4, 0.5) is 13.2 Å². The van der Waals surface area contributed by atoms with Gasteiger partial charge in [-0.25, -0.2) is 9.50 Å². The highest BCUT2D eigenvalue weighted by molar-refractivity contribution is 6.32. The first-order valence-corrected chi connectivity index (χ1v) is 4.53. The number of hydrogen-bond donors (Lipinski definition) is 0. The fourth-order valence-corrected chi connectivity index (χ4v) is 1.36. The molecular weight excluding hydrogens is 247 g/mol. The number of halogens is 4. The van der Waals surface area contributed by atoms with E-state index in [2.05, 4.69) is 14.8 Å². The molecule has 2 heterocycles. The summed E-state index contributed by atoms with van der Waals surface area (Å²) in [6, 6.07) is 1.39. The number of aromatic nitrogens is 3. The van der Waals surface area contributed by atoms with Gasteiger partial charge in [0.1, 0.15) is 12.1 Å². The molecule has 0 amide bonds. The second-order valence-corrected chi connectivity index (χ2v) is 3.28. The molecule has 0 aliphatic rings. The van der Waals surface area contributed by atoms with Crippen LogP contribution in [0, 0.1) is 0 Å². The largest absolute Gasteiger partial charge is 0.522 e. The summed E-state index contributed by atoms with van der Waals surface area (Å²) in [7, 11) is 0. The number of nitrogens with zero attached hydrogens (tertiary/aromatic N) is 3. The molecule has 0 fully saturated rings. The van der Waals surface area contributed by atoms with Gasteiger partial charge in [-0.1, -0.05) is 11.6 Å². The van der Waals surface area contributed by atoms with Crippen molar-refractivity contribution in [3.05, 3.63) is 29.3 Å². The van der Waals surface area contributed by atoms with Crippen LogP contribution in [0.25, 0.3) is 5.52 Å². The molecule has 0 atom stereocenters. The fraction of sp³-hybridized carbons (Fsp3) is 0.250. The van der Waals surface area contributed by atoms with Gasteiger partial charge in [0.25, 0.3) is 0 Å². The van der Waals surface area contributed by atoms with Crippen LogP contribution in [0.15, 0.2) is 18.5 Å². The summed E-state index contributed by atoms with van der Waals surface area (Å²) in [6.45, 7) is -0.651. The average Bonchev–Trinajstić information content (AvgIpc) is 2.58. The van der Waals surface area contributed by atoms with E-state index in [0.29, 0.717) is 5.52 Å². The first-order chi connectivity index (χ1) is 7.46. The molecule has 16 heavy (non-hydrogen) atoms. The van der Waals surface area contributed by atoms with Gasteiger partial charge in [0, 0.05) is 12.4 Å². The van der Waals surface area contributed by atoms with Crippen LogP contribution in [0.1, 0.15) is 5.69 Å². The molecule has 2 aromatic rings. The summed E-state index contributed by atoms with van der Waals surface area (Å²) in [5.74, 6) is 0. The molecule has 0 unspecified atom stereocenters. The zero-order chi connectivity index (χ0) is 11.8. The molecule has 0 bridgehead atoms. The van der Waals surface area contributed by atoms with E-state index in [0.717, 1.165) is 0 Å². The van der Waals surface area contributed by atoms with Gasteiger partial charge in [-0.3, -0.25) is 4.74 Å². The molecule has 0 aromatic carbocycles. The molecule has 2 rings (SSSR count). The van der Waals surface area contributed by atoms with E-state index < -0.39 is 13.0 Å². The Kier molecular flexibility index (Phi) is 2.73. The van der Waals surface area contributed by atoms with E-state index in [-0.39, 0.29) is 10.8 Å². The van der Waals surface area contributed by atoms with E-state index in [1.807, 2.05) is 0 Å². The lowest BCUT2D eigenvalue weighted by atomic mass is 10.4. The Morgan fingerprint density at radius 1 is 1.44 bits per heavy atom. The number of alkyl halides is 3. The Morgan fingerprint density at radius 2 is 2.19 bits per heavy atom. The second-order valence-electron chi connectivity index (χ2n) is 2.92. The molecule has 0 saturated heterocycles. The minimum Gasteiger partial charge on any atom is -0.285 e. The Bertz CT molecular complexity index is 511. The van der Waals surface area contributed by atoms with Gasteiger partial charge in [0.15, 0.2) is 5.15 Å². The topological polar surface area (TPSA) is 39.4 Å². The minimum atomic E-state index is -4.67. The SMILES string of the molecule is FC(F)(F)OCc1cc2c(Cl)nccn2n1. The van der Waals surface area contributed by atoms with Crippen molar-refractivity contribution in [2.75, 3.05) is 0 Å². The van der Waals surface area contributed by atoms with Crippen LogP contribution in [0.3, 0.4) is 0 Å². The summed E-state index contributed by atoms with van der Waals surface area (Å²) in [5.41, 5.74) is 0.567. The third-order valence-corrected chi connectivity index (χ3v) is 2.07. The maximum absolute atomic E-state index is 11.8. The number of rotatable bonds is 2. The van der Waals surface area contributed by atoms with Gasteiger partial charge in [0.05, 0.1) is 5.69 Å². The van der Waals surface area contributed by atoms with Gasteiger partial charge in [0.2, 0.25) is 0 Å². The predicted octanol–water partition coefficient (Wildman–Crippen LogP) is 2.42. The summed E-state index contributed by atoms with van der Waals surface area (Å²) >= 11 is 5.73. The first kappa shape index (κ1) is 11.2. The van der Waals surface area contributed by atoms with E-state index in [1.54, 1.807) is 0 Å². The lowest BCUT2D eigenvalue weighted by molar-refractivity contribution is -0.330. The standard InChI is InChI=1S/C8H5ClF3N3O/c9-7-6-3-5(4-16-8(10,11)12)14-15(6)2-1-13-7/h1-3H,4H2. The van der Waals surface area contributed by atoms with Crippen molar-refractivity contribution in [2.45, 2.75) is 13.0 Å². The Morgan fingerprint density at radius 3 is 2.81 bits per heavy atom. The van der Waals surface area contributed by atoms with Crippen molar-refractivity contribution in [1.82, 2.24) is 14.6 Å². The molecule has 0 aliphatic heterocycles. The highest BCUT2D eigenvalue weighted by Crippen LogP contribution is 2.20. The highest BCUT2D eigenvalue weighted by atomic mass is 35.5. The maximum atomic E-state index is 11.8. The van der Waals surface area contributed by atoms with Gasteiger partial charge in [-0.15, -0.1) is 13.2 Å². The van der Waals surface area contributed by atoms with E-state index in [9.17, 15) is 13.2 Å². The van der Waals surface area contributed by atoms with Crippen LogP contribution in [0.2, 0.25) is 5.15 Å². The van der Waals surface area contributed by atoms with Gasteiger partial charge in [-0.05, 0) is 6.07 Å².